The fourth-order valence-electron chi connectivity index (χ4n) is 2.07. The van der Waals surface area contributed by atoms with Crippen LogP contribution < -0.4 is 0 Å². The van der Waals surface area contributed by atoms with Crippen molar-refractivity contribution in [3.8, 4) is 17.7 Å². The third kappa shape index (κ3) is 3.19. The number of hydrogen-bond acceptors (Lipinski definition) is 2. The van der Waals surface area contributed by atoms with Crippen molar-refractivity contribution in [2.24, 2.45) is 0 Å². The van der Waals surface area contributed by atoms with E-state index in [2.05, 4.69) is 21.8 Å². The number of halogens is 1. The van der Waals surface area contributed by atoms with Crippen LogP contribution >= 0.6 is 11.6 Å². The van der Waals surface area contributed by atoms with Crippen molar-refractivity contribution in [1.29, 1.82) is 0 Å². The summed E-state index contributed by atoms with van der Waals surface area (Å²) in [6.07, 6.45) is 3.73. The smallest absolute Gasteiger partial charge is 0.138 e. The molecule has 0 fully saturated rings. The Bertz CT molecular complexity index is 867. The Hall–Kier alpha value is -2.57. The Kier molecular flexibility index (Phi) is 3.95. The third-order valence-electron chi connectivity index (χ3n) is 3.18. The molecule has 0 bridgehead atoms. The maximum Gasteiger partial charge on any atom is 0.138 e. The van der Waals surface area contributed by atoms with E-state index in [0.717, 1.165) is 22.8 Å². The van der Waals surface area contributed by atoms with E-state index in [1.54, 1.807) is 0 Å². The molecular formula is C18H14ClN3. The predicted octanol–water partition coefficient (Wildman–Crippen LogP) is 3.94. The first-order chi connectivity index (χ1) is 10.6. The number of nitrogens with zero attached hydrogens (tertiary/aromatic N) is 3. The minimum absolute atomic E-state index is 0.678. The largest absolute Gasteiger partial charge is 0.287 e. The first-order valence-corrected chi connectivity index (χ1v) is 7.26. The van der Waals surface area contributed by atoms with Gasteiger partial charge in [0.15, 0.2) is 0 Å². The molecule has 4 heteroatoms. The number of rotatable bonds is 1. The first kappa shape index (κ1) is 14.4. The van der Waals surface area contributed by atoms with E-state index in [-0.39, 0.29) is 0 Å². The average Bonchev–Trinajstić information content (AvgIpc) is 2.87. The van der Waals surface area contributed by atoms with Crippen LogP contribution in [0.5, 0.6) is 0 Å². The molecule has 108 valence electrons. The summed E-state index contributed by atoms with van der Waals surface area (Å²) in [5.41, 5.74) is 2.70. The zero-order chi connectivity index (χ0) is 15.5. The summed E-state index contributed by atoms with van der Waals surface area (Å²) in [5.74, 6) is 7.83. The van der Waals surface area contributed by atoms with Crippen molar-refractivity contribution < 1.29 is 0 Å². The molecule has 2 heterocycles. The summed E-state index contributed by atoms with van der Waals surface area (Å²) in [7, 11) is 0. The topological polar surface area (TPSA) is 30.7 Å². The van der Waals surface area contributed by atoms with E-state index < -0.39 is 0 Å². The summed E-state index contributed by atoms with van der Waals surface area (Å²) in [6, 6.07) is 11.5. The Morgan fingerprint density at radius 1 is 1.09 bits per heavy atom. The van der Waals surface area contributed by atoms with Crippen LogP contribution in [0.2, 0.25) is 5.02 Å². The van der Waals surface area contributed by atoms with Crippen molar-refractivity contribution in [2.75, 3.05) is 0 Å². The molecule has 0 atom stereocenters. The highest BCUT2D eigenvalue weighted by molar-refractivity contribution is 6.30. The molecule has 0 N–H and O–H groups in total. The van der Waals surface area contributed by atoms with Crippen LogP contribution in [0.3, 0.4) is 0 Å². The van der Waals surface area contributed by atoms with Crippen LogP contribution in [-0.2, 0) is 0 Å². The number of benzene rings is 1. The van der Waals surface area contributed by atoms with Crippen molar-refractivity contribution in [1.82, 2.24) is 14.5 Å². The standard InChI is InChI=1S/C18H14ClN3/c1-13-6-9-18(20-11-13)22-12-17(21-14(22)2)8-7-15-4-3-5-16(19)10-15/h3-6,9-12H,1-2H3. The third-order valence-corrected chi connectivity index (χ3v) is 3.42. The van der Waals surface area contributed by atoms with Crippen molar-refractivity contribution in [3.05, 3.63) is 76.5 Å². The number of aromatic nitrogens is 3. The van der Waals surface area contributed by atoms with Crippen molar-refractivity contribution >= 4 is 11.6 Å². The highest BCUT2D eigenvalue weighted by atomic mass is 35.5. The molecule has 0 aliphatic carbocycles. The lowest BCUT2D eigenvalue weighted by atomic mass is 10.2. The second kappa shape index (κ2) is 6.05. The Balaban J connectivity index is 1.91. The van der Waals surface area contributed by atoms with Crippen LogP contribution in [0.15, 0.2) is 48.8 Å². The van der Waals surface area contributed by atoms with Gasteiger partial charge in [0.1, 0.15) is 17.3 Å². The number of imidazole rings is 1. The molecule has 3 aromatic rings. The Morgan fingerprint density at radius 3 is 2.68 bits per heavy atom. The summed E-state index contributed by atoms with van der Waals surface area (Å²) in [4.78, 5) is 8.87. The second-order valence-corrected chi connectivity index (χ2v) is 5.43. The van der Waals surface area contributed by atoms with Gasteiger partial charge in [-0.2, -0.15) is 0 Å². The van der Waals surface area contributed by atoms with E-state index in [9.17, 15) is 0 Å². The van der Waals surface area contributed by atoms with E-state index in [1.165, 1.54) is 0 Å². The molecular weight excluding hydrogens is 294 g/mol. The fraction of sp³-hybridized carbons (Fsp3) is 0.111. The summed E-state index contributed by atoms with van der Waals surface area (Å²) in [6.45, 7) is 3.95. The fourth-order valence-corrected chi connectivity index (χ4v) is 2.26. The van der Waals surface area contributed by atoms with Gasteiger partial charge in [-0.3, -0.25) is 4.57 Å². The van der Waals surface area contributed by atoms with Crippen molar-refractivity contribution in [2.45, 2.75) is 13.8 Å². The van der Waals surface area contributed by atoms with Gasteiger partial charge in [-0.15, -0.1) is 0 Å². The van der Waals surface area contributed by atoms with Crippen LogP contribution in [0.4, 0.5) is 0 Å². The average molecular weight is 308 g/mol. The maximum atomic E-state index is 5.95. The number of pyridine rings is 1. The minimum Gasteiger partial charge on any atom is -0.287 e. The highest BCUT2D eigenvalue weighted by Gasteiger charge is 2.05. The molecule has 0 saturated heterocycles. The maximum absolute atomic E-state index is 5.95. The zero-order valence-electron chi connectivity index (χ0n) is 12.3. The zero-order valence-corrected chi connectivity index (χ0v) is 13.1. The predicted molar refractivity (Wildman–Crippen MR) is 88.3 cm³/mol. The van der Waals surface area contributed by atoms with Gasteiger partial charge in [0.2, 0.25) is 0 Å². The van der Waals surface area contributed by atoms with E-state index >= 15 is 0 Å². The molecule has 1 aromatic carbocycles. The highest BCUT2D eigenvalue weighted by Crippen LogP contribution is 2.12. The monoisotopic (exact) mass is 307 g/mol. The molecule has 22 heavy (non-hydrogen) atoms. The molecule has 3 rings (SSSR count). The summed E-state index contributed by atoms with van der Waals surface area (Å²) in [5, 5.41) is 0.678. The molecule has 0 saturated carbocycles. The van der Waals surface area contributed by atoms with Crippen LogP contribution in [-0.4, -0.2) is 14.5 Å². The van der Waals surface area contributed by atoms with E-state index in [4.69, 9.17) is 11.6 Å². The molecule has 0 aliphatic rings. The van der Waals surface area contributed by atoms with Gasteiger partial charge in [-0.1, -0.05) is 29.7 Å². The second-order valence-electron chi connectivity index (χ2n) is 5.00. The lowest BCUT2D eigenvalue weighted by Crippen LogP contribution is -1.98. The van der Waals surface area contributed by atoms with Gasteiger partial charge in [0.25, 0.3) is 0 Å². The molecule has 0 amide bonds. The van der Waals surface area contributed by atoms with Crippen LogP contribution in [0.1, 0.15) is 22.6 Å². The van der Waals surface area contributed by atoms with Gasteiger partial charge in [0, 0.05) is 23.0 Å². The van der Waals surface area contributed by atoms with Gasteiger partial charge >= 0.3 is 0 Å². The summed E-state index contributed by atoms with van der Waals surface area (Å²) < 4.78 is 1.93. The molecule has 0 aliphatic heterocycles. The van der Waals surface area contributed by atoms with E-state index in [0.29, 0.717) is 10.7 Å². The van der Waals surface area contributed by atoms with E-state index in [1.807, 2.05) is 67.2 Å². The summed E-state index contributed by atoms with van der Waals surface area (Å²) >= 11 is 5.95. The molecule has 0 spiro atoms. The Morgan fingerprint density at radius 2 is 1.95 bits per heavy atom. The molecule has 2 aromatic heterocycles. The molecule has 3 nitrogen and oxygen atoms in total. The van der Waals surface area contributed by atoms with Gasteiger partial charge in [-0.25, -0.2) is 9.97 Å². The van der Waals surface area contributed by atoms with Crippen LogP contribution in [0.25, 0.3) is 5.82 Å². The number of hydrogen-bond donors (Lipinski definition) is 0. The normalized spacial score (nSPS) is 10.1. The van der Waals surface area contributed by atoms with Crippen LogP contribution in [0, 0.1) is 25.7 Å². The van der Waals surface area contributed by atoms with Gasteiger partial charge in [-0.05, 0) is 49.6 Å². The molecule has 0 unspecified atom stereocenters. The SMILES string of the molecule is Cc1ccc(-n2cc(C#Cc3cccc(Cl)c3)nc2C)nc1. The minimum atomic E-state index is 0.678. The number of aryl methyl sites for hydroxylation is 2. The Labute approximate surface area is 134 Å². The first-order valence-electron chi connectivity index (χ1n) is 6.88. The quantitative estimate of drug-likeness (QED) is 0.638. The molecule has 0 radical (unpaired) electrons. The lowest BCUT2D eigenvalue weighted by Gasteiger charge is -2.02. The van der Waals surface area contributed by atoms with Gasteiger partial charge < -0.3 is 0 Å². The van der Waals surface area contributed by atoms with Crippen molar-refractivity contribution in [3.63, 3.8) is 0 Å². The lowest BCUT2D eigenvalue weighted by molar-refractivity contribution is 0.930. The van der Waals surface area contributed by atoms with Gasteiger partial charge in [0.05, 0.1) is 0 Å².